The summed E-state index contributed by atoms with van der Waals surface area (Å²) in [6.45, 7) is 1.49. The Labute approximate surface area is 126 Å². The van der Waals surface area contributed by atoms with Gasteiger partial charge in [0.05, 0.1) is 15.6 Å². The van der Waals surface area contributed by atoms with Crippen LogP contribution < -0.4 is 5.32 Å². The van der Waals surface area contributed by atoms with Gasteiger partial charge in [0.25, 0.3) is 0 Å². The molecule has 102 valence electrons. The molecule has 1 aromatic heterocycles. The van der Waals surface area contributed by atoms with E-state index >= 15 is 0 Å². The van der Waals surface area contributed by atoms with E-state index in [9.17, 15) is 0 Å². The Bertz CT molecular complexity index is 383. The molecule has 1 aromatic rings. The molecule has 5 heteroatoms. The summed E-state index contributed by atoms with van der Waals surface area (Å²) in [4.78, 5) is 1.56. The first-order valence-electron chi connectivity index (χ1n) is 6.27. The van der Waals surface area contributed by atoms with Crippen LogP contribution >= 0.6 is 33.9 Å². The van der Waals surface area contributed by atoms with Gasteiger partial charge in [-0.05, 0) is 53.5 Å². The highest BCUT2D eigenvalue weighted by Crippen LogP contribution is 2.36. The van der Waals surface area contributed by atoms with E-state index in [1.807, 2.05) is 11.3 Å². The summed E-state index contributed by atoms with van der Waals surface area (Å²) in [7, 11) is 3.46. The molecule has 18 heavy (non-hydrogen) atoms. The average Bonchev–Trinajstić information content (AvgIpc) is 2.75. The fourth-order valence-electron chi connectivity index (χ4n) is 2.40. The third kappa shape index (κ3) is 3.66. The van der Waals surface area contributed by atoms with Crippen LogP contribution in [0.3, 0.4) is 0 Å². The minimum atomic E-state index is 0.137. The van der Waals surface area contributed by atoms with Crippen LogP contribution in [0.15, 0.2) is 6.07 Å². The Hall–Kier alpha value is 0.310. The lowest BCUT2D eigenvalue weighted by atomic mass is 9.94. The third-order valence-corrected chi connectivity index (χ3v) is 5.33. The van der Waals surface area contributed by atoms with Crippen LogP contribution in [0.5, 0.6) is 0 Å². The first kappa shape index (κ1) is 14.7. The van der Waals surface area contributed by atoms with Gasteiger partial charge in [0.2, 0.25) is 0 Å². The van der Waals surface area contributed by atoms with Crippen molar-refractivity contribution in [2.75, 3.05) is 27.4 Å². The standard InChI is InChI=1S/C13H20INO2S/c1-16-8-9(17-2)7-15-11-4-3-5-12-10(11)6-13(14)18-12/h6,9,11,15H,3-5,7-8H2,1-2H3. The summed E-state index contributed by atoms with van der Waals surface area (Å²) < 4.78 is 11.9. The van der Waals surface area contributed by atoms with E-state index in [2.05, 4.69) is 34.0 Å². The Kier molecular flexibility index (Phi) is 5.88. The Morgan fingerprint density at radius 3 is 3.11 bits per heavy atom. The highest BCUT2D eigenvalue weighted by Gasteiger charge is 2.23. The lowest BCUT2D eigenvalue weighted by molar-refractivity contribution is 0.0270. The molecule has 0 saturated heterocycles. The largest absolute Gasteiger partial charge is 0.382 e. The smallest absolute Gasteiger partial charge is 0.0928 e. The Balaban J connectivity index is 1.94. The fraction of sp³-hybridized carbons (Fsp3) is 0.692. The topological polar surface area (TPSA) is 30.5 Å². The Morgan fingerprint density at radius 2 is 2.39 bits per heavy atom. The van der Waals surface area contributed by atoms with Gasteiger partial charge in [-0.3, -0.25) is 0 Å². The number of aryl methyl sites for hydroxylation is 1. The molecular formula is C13H20INO2S. The Morgan fingerprint density at radius 1 is 1.56 bits per heavy atom. The van der Waals surface area contributed by atoms with Crippen LogP contribution in [0.4, 0.5) is 0 Å². The van der Waals surface area contributed by atoms with Gasteiger partial charge in [0, 0.05) is 31.7 Å². The van der Waals surface area contributed by atoms with Crippen molar-refractivity contribution < 1.29 is 9.47 Å². The molecule has 1 aliphatic rings. The number of ether oxygens (including phenoxy) is 2. The van der Waals surface area contributed by atoms with Gasteiger partial charge in [0.15, 0.2) is 0 Å². The maximum absolute atomic E-state index is 5.39. The van der Waals surface area contributed by atoms with Crippen molar-refractivity contribution in [2.45, 2.75) is 31.4 Å². The van der Waals surface area contributed by atoms with Gasteiger partial charge in [0.1, 0.15) is 0 Å². The summed E-state index contributed by atoms with van der Waals surface area (Å²) in [6.07, 6.45) is 3.89. The zero-order chi connectivity index (χ0) is 13.0. The number of hydrogen-bond acceptors (Lipinski definition) is 4. The number of rotatable bonds is 6. The number of thiophene rings is 1. The van der Waals surface area contributed by atoms with Crippen molar-refractivity contribution in [1.29, 1.82) is 0 Å². The molecule has 2 atom stereocenters. The van der Waals surface area contributed by atoms with Crippen LogP contribution in [-0.2, 0) is 15.9 Å². The summed E-state index contributed by atoms with van der Waals surface area (Å²) >= 11 is 4.35. The molecule has 3 nitrogen and oxygen atoms in total. The number of methoxy groups -OCH3 is 2. The minimum Gasteiger partial charge on any atom is -0.382 e. The van der Waals surface area contributed by atoms with E-state index in [0.717, 1.165) is 6.54 Å². The van der Waals surface area contributed by atoms with E-state index in [4.69, 9.17) is 9.47 Å². The van der Waals surface area contributed by atoms with Gasteiger partial charge in [-0.25, -0.2) is 0 Å². The highest BCUT2D eigenvalue weighted by molar-refractivity contribution is 14.1. The predicted octanol–water partition coefficient (Wildman–Crippen LogP) is 2.98. The highest BCUT2D eigenvalue weighted by atomic mass is 127. The summed E-state index contributed by atoms with van der Waals surface area (Å²) in [5.74, 6) is 0. The molecule has 2 rings (SSSR count). The van der Waals surface area contributed by atoms with Crippen LogP contribution in [0.1, 0.15) is 29.3 Å². The zero-order valence-corrected chi connectivity index (χ0v) is 13.8. The molecule has 1 heterocycles. The molecule has 1 N–H and O–H groups in total. The van der Waals surface area contributed by atoms with Crippen molar-refractivity contribution in [3.63, 3.8) is 0 Å². The van der Waals surface area contributed by atoms with Gasteiger partial charge in [-0.2, -0.15) is 0 Å². The van der Waals surface area contributed by atoms with Crippen molar-refractivity contribution in [2.24, 2.45) is 0 Å². The van der Waals surface area contributed by atoms with Crippen molar-refractivity contribution in [3.8, 4) is 0 Å². The molecule has 0 fully saturated rings. The summed E-state index contributed by atoms with van der Waals surface area (Å²) in [6, 6.07) is 2.82. The monoisotopic (exact) mass is 381 g/mol. The molecule has 0 saturated carbocycles. The van der Waals surface area contributed by atoms with Crippen LogP contribution in [-0.4, -0.2) is 33.5 Å². The number of nitrogens with one attached hydrogen (secondary N) is 1. The average molecular weight is 381 g/mol. The number of hydrogen-bond donors (Lipinski definition) is 1. The van der Waals surface area contributed by atoms with E-state index in [1.165, 1.54) is 27.7 Å². The first-order chi connectivity index (χ1) is 8.74. The molecule has 0 aromatic carbocycles. The van der Waals surface area contributed by atoms with Crippen molar-refractivity contribution in [3.05, 3.63) is 19.4 Å². The number of halogens is 1. The zero-order valence-electron chi connectivity index (χ0n) is 10.9. The maximum atomic E-state index is 5.39. The maximum Gasteiger partial charge on any atom is 0.0928 e. The molecule has 0 spiro atoms. The normalized spacial score (nSPS) is 20.7. The number of fused-ring (bicyclic) bond motifs is 1. The predicted molar refractivity (Wildman–Crippen MR) is 83.4 cm³/mol. The second-order valence-corrected chi connectivity index (χ2v) is 7.63. The van der Waals surface area contributed by atoms with E-state index < -0.39 is 0 Å². The summed E-state index contributed by atoms with van der Waals surface area (Å²) in [5.41, 5.74) is 1.50. The molecule has 1 aliphatic carbocycles. The van der Waals surface area contributed by atoms with Crippen LogP contribution in [0.25, 0.3) is 0 Å². The molecule has 0 bridgehead atoms. The second-order valence-electron chi connectivity index (χ2n) is 4.60. The molecule has 2 unspecified atom stereocenters. The summed E-state index contributed by atoms with van der Waals surface area (Å²) in [5, 5.41) is 3.63. The molecular weight excluding hydrogens is 361 g/mol. The van der Waals surface area contributed by atoms with Crippen molar-refractivity contribution in [1.82, 2.24) is 5.32 Å². The fourth-order valence-corrected chi connectivity index (χ4v) is 4.52. The minimum absolute atomic E-state index is 0.137. The quantitative estimate of drug-likeness (QED) is 0.769. The second kappa shape index (κ2) is 7.19. The van der Waals surface area contributed by atoms with Gasteiger partial charge >= 0.3 is 0 Å². The van der Waals surface area contributed by atoms with Crippen LogP contribution in [0.2, 0.25) is 0 Å². The lowest BCUT2D eigenvalue weighted by Crippen LogP contribution is -2.35. The van der Waals surface area contributed by atoms with E-state index in [0.29, 0.717) is 12.6 Å². The molecule has 0 radical (unpaired) electrons. The molecule has 0 amide bonds. The lowest BCUT2D eigenvalue weighted by Gasteiger charge is -2.25. The SMILES string of the molecule is COCC(CNC1CCCc2sc(I)cc21)OC. The molecule has 0 aliphatic heterocycles. The van der Waals surface area contributed by atoms with Gasteiger partial charge in [-0.1, -0.05) is 0 Å². The van der Waals surface area contributed by atoms with Crippen LogP contribution in [0, 0.1) is 2.88 Å². The van der Waals surface area contributed by atoms with Crippen molar-refractivity contribution >= 4 is 33.9 Å². The third-order valence-electron chi connectivity index (χ3n) is 3.36. The van der Waals surface area contributed by atoms with E-state index in [-0.39, 0.29) is 6.10 Å². The van der Waals surface area contributed by atoms with Gasteiger partial charge < -0.3 is 14.8 Å². The van der Waals surface area contributed by atoms with E-state index in [1.54, 1.807) is 19.1 Å². The first-order valence-corrected chi connectivity index (χ1v) is 8.17. The van der Waals surface area contributed by atoms with Gasteiger partial charge in [-0.15, -0.1) is 11.3 Å².